The van der Waals surface area contributed by atoms with E-state index in [4.69, 9.17) is 4.42 Å². The molecule has 0 saturated carbocycles. The van der Waals surface area contributed by atoms with Gasteiger partial charge in [-0.3, -0.25) is 14.4 Å². The third-order valence-corrected chi connectivity index (χ3v) is 5.23. The van der Waals surface area contributed by atoms with E-state index in [1.54, 1.807) is 34.9 Å². The molecule has 30 heavy (non-hydrogen) atoms. The summed E-state index contributed by atoms with van der Waals surface area (Å²) in [5.74, 6) is -0.0925. The summed E-state index contributed by atoms with van der Waals surface area (Å²) in [5, 5.41) is 4.42. The maximum absolute atomic E-state index is 13.0. The minimum absolute atomic E-state index is 0.186. The molecule has 3 heterocycles. The molecule has 0 radical (unpaired) electrons. The number of amides is 2. The van der Waals surface area contributed by atoms with Gasteiger partial charge in [0.15, 0.2) is 5.76 Å². The summed E-state index contributed by atoms with van der Waals surface area (Å²) in [7, 11) is 0. The summed E-state index contributed by atoms with van der Waals surface area (Å²) in [6, 6.07) is 15.1. The lowest BCUT2D eigenvalue weighted by Crippen LogP contribution is -2.52. The van der Waals surface area contributed by atoms with Crippen molar-refractivity contribution in [2.24, 2.45) is 0 Å². The fourth-order valence-corrected chi connectivity index (χ4v) is 3.52. The van der Waals surface area contributed by atoms with Crippen LogP contribution in [0.25, 0.3) is 11.3 Å². The predicted molar refractivity (Wildman–Crippen MR) is 110 cm³/mol. The number of benzene rings is 1. The molecule has 1 aliphatic rings. The summed E-state index contributed by atoms with van der Waals surface area (Å²) < 4.78 is 6.39. The smallest absolute Gasteiger partial charge is 0.289 e. The molecular weight excluding hydrogens is 384 g/mol. The molecule has 1 aliphatic heterocycles. The average molecular weight is 406 g/mol. The molecule has 8 nitrogen and oxygen atoms in total. The Morgan fingerprint density at radius 3 is 2.30 bits per heavy atom. The molecule has 1 atom stereocenters. The van der Waals surface area contributed by atoms with Gasteiger partial charge in [0, 0.05) is 37.8 Å². The quantitative estimate of drug-likeness (QED) is 0.662. The van der Waals surface area contributed by atoms with E-state index in [9.17, 15) is 14.4 Å². The molecular formula is C22H22N4O4. The number of piperazine rings is 1. The number of rotatable bonds is 4. The Labute approximate surface area is 173 Å². The van der Waals surface area contributed by atoms with Crippen molar-refractivity contribution in [1.29, 1.82) is 0 Å². The van der Waals surface area contributed by atoms with Gasteiger partial charge < -0.3 is 14.2 Å². The first-order valence-electron chi connectivity index (χ1n) is 9.81. The van der Waals surface area contributed by atoms with Gasteiger partial charge in [-0.2, -0.15) is 5.10 Å². The SMILES string of the molecule is CC(C(=O)N1CCN(C(=O)c2ccco2)CC1)n1nc(-c2ccccc2)ccc1=O. The Morgan fingerprint density at radius 1 is 0.933 bits per heavy atom. The maximum atomic E-state index is 13.0. The van der Waals surface area contributed by atoms with Crippen molar-refractivity contribution in [1.82, 2.24) is 19.6 Å². The van der Waals surface area contributed by atoms with Crippen LogP contribution >= 0.6 is 0 Å². The van der Waals surface area contributed by atoms with Crippen molar-refractivity contribution in [3.63, 3.8) is 0 Å². The standard InChI is InChI=1S/C22H22N4O4/c1-16(26-20(27)10-9-18(23-26)17-6-3-2-4-7-17)21(28)24-11-13-25(14-12-24)22(29)19-8-5-15-30-19/h2-10,15-16H,11-14H2,1H3. The fraction of sp³-hybridized carbons (Fsp3) is 0.273. The van der Waals surface area contributed by atoms with Crippen molar-refractivity contribution in [2.45, 2.75) is 13.0 Å². The second-order valence-corrected chi connectivity index (χ2v) is 7.14. The van der Waals surface area contributed by atoms with E-state index in [1.165, 1.54) is 17.0 Å². The van der Waals surface area contributed by atoms with Crippen LogP contribution in [0.3, 0.4) is 0 Å². The molecule has 1 aromatic carbocycles. The maximum Gasteiger partial charge on any atom is 0.289 e. The highest BCUT2D eigenvalue weighted by atomic mass is 16.3. The van der Waals surface area contributed by atoms with Gasteiger partial charge in [0.1, 0.15) is 6.04 Å². The molecule has 3 aromatic rings. The summed E-state index contributed by atoms with van der Waals surface area (Å²) in [6.45, 7) is 3.27. The molecule has 0 bridgehead atoms. The van der Waals surface area contributed by atoms with Crippen LogP contribution in [0.15, 0.2) is 70.1 Å². The molecule has 154 valence electrons. The first kappa shape index (κ1) is 19.6. The zero-order valence-corrected chi connectivity index (χ0v) is 16.6. The molecule has 0 N–H and O–H groups in total. The van der Waals surface area contributed by atoms with Gasteiger partial charge in [-0.15, -0.1) is 0 Å². The summed E-state index contributed by atoms with van der Waals surface area (Å²) in [4.78, 5) is 41.1. The van der Waals surface area contributed by atoms with Gasteiger partial charge in [-0.1, -0.05) is 30.3 Å². The van der Waals surface area contributed by atoms with Crippen LogP contribution in [-0.2, 0) is 4.79 Å². The number of furan rings is 1. The van der Waals surface area contributed by atoms with Gasteiger partial charge in [-0.05, 0) is 25.1 Å². The summed E-state index contributed by atoms with van der Waals surface area (Å²) in [6.07, 6.45) is 1.46. The van der Waals surface area contributed by atoms with Crippen LogP contribution in [0.5, 0.6) is 0 Å². The zero-order chi connectivity index (χ0) is 21.1. The Hall–Kier alpha value is -3.68. The largest absolute Gasteiger partial charge is 0.459 e. The summed E-state index contributed by atoms with van der Waals surface area (Å²) >= 11 is 0. The lowest BCUT2D eigenvalue weighted by atomic mass is 10.1. The molecule has 2 aromatic heterocycles. The second kappa shape index (κ2) is 8.36. The first-order chi connectivity index (χ1) is 14.5. The normalized spacial score (nSPS) is 15.1. The second-order valence-electron chi connectivity index (χ2n) is 7.14. The highest BCUT2D eigenvalue weighted by molar-refractivity contribution is 5.91. The first-order valence-corrected chi connectivity index (χ1v) is 9.81. The Morgan fingerprint density at radius 2 is 1.63 bits per heavy atom. The summed E-state index contributed by atoms with van der Waals surface area (Å²) in [5.41, 5.74) is 1.17. The number of hydrogen-bond donors (Lipinski definition) is 0. The van der Waals surface area contributed by atoms with Crippen molar-refractivity contribution >= 4 is 11.8 Å². The van der Waals surface area contributed by atoms with Gasteiger partial charge >= 0.3 is 0 Å². The fourth-order valence-electron chi connectivity index (χ4n) is 3.52. The number of carbonyl (C=O) groups excluding carboxylic acids is 2. The third kappa shape index (κ3) is 3.89. The molecule has 2 amide bonds. The topological polar surface area (TPSA) is 88.7 Å². The van der Waals surface area contributed by atoms with Gasteiger partial charge in [0.05, 0.1) is 12.0 Å². The molecule has 1 saturated heterocycles. The minimum Gasteiger partial charge on any atom is -0.459 e. The van der Waals surface area contributed by atoms with E-state index in [0.29, 0.717) is 31.9 Å². The number of nitrogens with zero attached hydrogens (tertiary/aromatic N) is 4. The highest BCUT2D eigenvalue weighted by Crippen LogP contribution is 2.17. The van der Waals surface area contributed by atoms with E-state index in [-0.39, 0.29) is 23.1 Å². The molecule has 8 heteroatoms. The van der Waals surface area contributed by atoms with Crippen molar-refractivity contribution in [3.05, 3.63) is 77.0 Å². The predicted octanol–water partition coefficient (Wildman–Crippen LogP) is 2.05. The zero-order valence-electron chi connectivity index (χ0n) is 16.6. The molecule has 4 rings (SSSR count). The van der Waals surface area contributed by atoms with Gasteiger partial charge in [0.25, 0.3) is 11.5 Å². The van der Waals surface area contributed by atoms with E-state index in [1.807, 2.05) is 30.3 Å². The van der Waals surface area contributed by atoms with E-state index < -0.39 is 6.04 Å². The molecule has 0 spiro atoms. The van der Waals surface area contributed by atoms with Gasteiger partial charge in [-0.25, -0.2) is 4.68 Å². The highest BCUT2D eigenvalue weighted by Gasteiger charge is 2.29. The van der Waals surface area contributed by atoms with Crippen LogP contribution in [0.2, 0.25) is 0 Å². The van der Waals surface area contributed by atoms with E-state index in [2.05, 4.69) is 5.10 Å². The van der Waals surface area contributed by atoms with E-state index >= 15 is 0 Å². The van der Waals surface area contributed by atoms with Crippen LogP contribution in [0.1, 0.15) is 23.5 Å². The van der Waals surface area contributed by atoms with Crippen LogP contribution in [0, 0.1) is 0 Å². The Kier molecular flexibility index (Phi) is 5.47. The van der Waals surface area contributed by atoms with E-state index in [0.717, 1.165) is 5.56 Å². The monoisotopic (exact) mass is 406 g/mol. The Balaban J connectivity index is 1.45. The molecule has 1 fully saturated rings. The molecule has 1 unspecified atom stereocenters. The lowest BCUT2D eigenvalue weighted by Gasteiger charge is -2.35. The number of hydrogen-bond acceptors (Lipinski definition) is 5. The Bertz CT molecular complexity index is 1080. The molecule has 0 aliphatic carbocycles. The average Bonchev–Trinajstić information content (AvgIpc) is 3.34. The van der Waals surface area contributed by atoms with Crippen LogP contribution in [-0.4, -0.2) is 57.6 Å². The van der Waals surface area contributed by atoms with Crippen molar-refractivity contribution in [3.8, 4) is 11.3 Å². The number of carbonyl (C=O) groups is 2. The van der Waals surface area contributed by atoms with Crippen LogP contribution in [0.4, 0.5) is 0 Å². The van der Waals surface area contributed by atoms with Crippen LogP contribution < -0.4 is 5.56 Å². The lowest BCUT2D eigenvalue weighted by molar-refractivity contribution is -0.136. The van der Waals surface area contributed by atoms with Crippen molar-refractivity contribution in [2.75, 3.05) is 26.2 Å². The minimum atomic E-state index is -0.742. The number of aromatic nitrogens is 2. The third-order valence-electron chi connectivity index (χ3n) is 5.23. The van der Waals surface area contributed by atoms with Gasteiger partial charge in [0.2, 0.25) is 5.91 Å². The van der Waals surface area contributed by atoms with Crippen molar-refractivity contribution < 1.29 is 14.0 Å².